The van der Waals surface area contributed by atoms with Gasteiger partial charge in [0, 0.05) is 12.7 Å². The zero-order valence-corrected chi connectivity index (χ0v) is 12.0. The number of ether oxygens (including phenoxy) is 1. The molecule has 0 aliphatic carbocycles. The first-order valence-electron chi connectivity index (χ1n) is 5.61. The molecule has 1 aromatic carbocycles. The van der Waals surface area contributed by atoms with Crippen molar-refractivity contribution < 1.29 is 19.4 Å². The molecule has 19 heavy (non-hydrogen) atoms. The maximum absolute atomic E-state index is 11.8. The molecule has 0 radical (unpaired) electrons. The minimum Gasteiger partial charge on any atom is -0.478 e. The molecule has 0 fully saturated rings. The van der Waals surface area contributed by atoms with E-state index in [2.05, 4.69) is 0 Å². The van der Waals surface area contributed by atoms with E-state index in [0.29, 0.717) is 5.69 Å². The molecule has 104 valence electrons. The summed E-state index contributed by atoms with van der Waals surface area (Å²) in [4.78, 5) is 24.1. The molecule has 0 unspecified atom stereocenters. The van der Waals surface area contributed by atoms with Crippen LogP contribution < -0.4 is 4.90 Å². The summed E-state index contributed by atoms with van der Waals surface area (Å²) in [5.41, 5.74) is -0.279. The van der Waals surface area contributed by atoms with Gasteiger partial charge in [-0.3, -0.25) is 4.90 Å². The van der Waals surface area contributed by atoms with Crippen LogP contribution in [0.3, 0.4) is 0 Å². The summed E-state index contributed by atoms with van der Waals surface area (Å²) in [5, 5.41) is 9.10. The summed E-state index contributed by atoms with van der Waals surface area (Å²) in [7, 11) is 1.50. The summed E-state index contributed by atoms with van der Waals surface area (Å²) in [5.74, 6) is -1.15. The Kier molecular flexibility index (Phi) is 4.42. The lowest BCUT2D eigenvalue weighted by molar-refractivity contribution is 0.0587. The third kappa shape index (κ3) is 4.13. The minimum absolute atomic E-state index is 0.0606. The fraction of sp³-hybridized carbons (Fsp3) is 0.385. The van der Waals surface area contributed by atoms with Crippen LogP contribution in [-0.4, -0.2) is 29.8 Å². The third-order valence-corrected chi connectivity index (χ3v) is 2.56. The lowest BCUT2D eigenvalue weighted by Gasteiger charge is -2.24. The van der Waals surface area contributed by atoms with E-state index in [-0.39, 0.29) is 10.6 Å². The topological polar surface area (TPSA) is 66.8 Å². The first-order chi connectivity index (χ1) is 8.61. The van der Waals surface area contributed by atoms with Gasteiger partial charge in [-0.15, -0.1) is 0 Å². The third-order valence-electron chi connectivity index (χ3n) is 2.24. The van der Waals surface area contributed by atoms with Crippen molar-refractivity contribution in [2.75, 3.05) is 11.9 Å². The molecular weight excluding hydrogens is 270 g/mol. The van der Waals surface area contributed by atoms with Crippen molar-refractivity contribution in [2.45, 2.75) is 26.4 Å². The van der Waals surface area contributed by atoms with Gasteiger partial charge in [0.05, 0.1) is 10.6 Å². The highest BCUT2D eigenvalue weighted by atomic mass is 35.5. The number of hydrogen-bond donors (Lipinski definition) is 1. The van der Waals surface area contributed by atoms with Gasteiger partial charge in [0.2, 0.25) is 0 Å². The number of carbonyl (C=O) groups is 2. The van der Waals surface area contributed by atoms with E-state index in [1.807, 2.05) is 0 Å². The molecule has 0 bridgehead atoms. The number of benzene rings is 1. The quantitative estimate of drug-likeness (QED) is 0.904. The smallest absolute Gasteiger partial charge is 0.414 e. The molecule has 1 rings (SSSR count). The number of anilines is 1. The lowest BCUT2D eigenvalue weighted by atomic mass is 10.2. The van der Waals surface area contributed by atoms with Gasteiger partial charge in [0.25, 0.3) is 0 Å². The van der Waals surface area contributed by atoms with Crippen molar-refractivity contribution in [3.63, 3.8) is 0 Å². The molecule has 6 heteroatoms. The molecule has 0 aromatic heterocycles. The Hall–Kier alpha value is -1.75. The second-order valence-corrected chi connectivity index (χ2v) is 5.42. The van der Waals surface area contributed by atoms with Crippen molar-refractivity contribution in [1.82, 2.24) is 0 Å². The van der Waals surface area contributed by atoms with Crippen LogP contribution in [0.1, 0.15) is 31.1 Å². The maximum atomic E-state index is 11.8. The fourth-order valence-electron chi connectivity index (χ4n) is 1.32. The second-order valence-electron chi connectivity index (χ2n) is 5.01. The monoisotopic (exact) mass is 285 g/mol. The zero-order chi connectivity index (χ0) is 14.8. The second kappa shape index (κ2) is 5.48. The van der Waals surface area contributed by atoms with Crippen LogP contribution in [0.5, 0.6) is 0 Å². The van der Waals surface area contributed by atoms with Crippen LogP contribution in [0.2, 0.25) is 5.02 Å². The van der Waals surface area contributed by atoms with Crippen LogP contribution >= 0.6 is 11.6 Å². The largest absolute Gasteiger partial charge is 0.478 e. The summed E-state index contributed by atoms with van der Waals surface area (Å²) in [6.45, 7) is 5.26. The molecule has 1 amide bonds. The van der Waals surface area contributed by atoms with Crippen LogP contribution in [0.15, 0.2) is 18.2 Å². The average molecular weight is 286 g/mol. The highest BCUT2D eigenvalue weighted by Crippen LogP contribution is 2.24. The number of hydrogen-bond acceptors (Lipinski definition) is 3. The van der Waals surface area contributed by atoms with Gasteiger partial charge in [-0.05, 0) is 39.0 Å². The Morgan fingerprint density at radius 1 is 1.32 bits per heavy atom. The standard InChI is InChI=1S/C13H16ClNO4/c1-13(2,3)19-12(18)15(4)8-5-6-10(14)9(7-8)11(16)17/h5-7H,1-4H3,(H,16,17). The number of carbonyl (C=O) groups excluding carboxylic acids is 1. The molecule has 0 aliphatic heterocycles. The number of carboxylic acids is 1. The van der Waals surface area contributed by atoms with E-state index in [4.69, 9.17) is 21.4 Å². The van der Waals surface area contributed by atoms with E-state index in [0.717, 1.165) is 0 Å². The zero-order valence-electron chi connectivity index (χ0n) is 11.2. The Morgan fingerprint density at radius 2 is 1.89 bits per heavy atom. The molecule has 0 spiro atoms. The number of nitrogens with zero attached hydrogens (tertiary/aromatic N) is 1. The van der Waals surface area contributed by atoms with Crippen molar-refractivity contribution in [3.8, 4) is 0 Å². The van der Waals surface area contributed by atoms with Gasteiger partial charge in [0.1, 0.15) is 5.60 Å². The SMILES string of the molecule is CN(C(=O)OC(C)(C)C)c1ccc(Cl)c(C(=O)O)c1. The van der Waals surface area contributed by atoms with Crippen molar-refractivity contribution in [1.29, 1.82) is 0 Å². The summed E-state index contributed by atoms with van der Waals surface area (Å²) in [6.07, 6.45) is -0.564. The van der Waals surface area contributed by atoms with E-state index >= 15 is 0 Å². The number of halogens is 1. The molecule has 1 N–H and O–H groups in total. The first-order valence-corrected chi connectivity index (χ1v) is 5.99. The maximum Gasteiger partial charge on any atom is 0.414 e. The van der Waals surface area contributed by atoms with Crippen LogP contribution in [0.25, 0.3) is 0 Å². The van der Waals surface area contributed by atoms with E-state index in [1.54, 1.807) is 26.8 Å². The molecule has 0 heterocycles. The van der Waals surface area contributed by atoms with Gasteiger partial charge >= 0.3 is 12.1 Å². The Bertz CT molecular complexity index is 508. The van der Waals surface area contributed by atoms with Crippen LogP contribution in [0.4, 0.5) is 10.5 Å². The molecule has 0 atom stereocenters. The van der Waals surface area contributed by atoms with Gasteiger partial charge in [0.15, 0.2) is 0 Å². The van der Waals surface area contributed by atoms with E-state index in [1.165, 1.54) is 24.1 Å². The van der Waals surface area contributed by atoms with Crippen molar-refractivity contribution >= 4 is 29.4 Å². The van der Waals surface area contributed by atoms with Gasteiger partial charge in [-0.25, -0.2) is 9.59 Å². The van der Waals surface area contributed by atoms with Crippen molar-refractivity contribution in [2.24, 2.45) is 0 Å². The fourth-order valence-corrected chi connectivity index (χ4v) is 1.52. The first kappa shape index (κ1) is 15.3. The van der Waals surface area contributed by atoms with E-state index < -0.39 is 17.7 Å². The van der Waals surface area contributed by atoms with Gasteiger partial charge in [-0.1, -0.05) is 11.6 Å². The normalized spacial score (nSPS) is 11.0. The average Bonchev–Trinajstić information content (AvgIpc) is 2.26. The predicted molar refractivity (Wildman–Crippen MR) is 73.0 cm³/mol. The molecule has 0 saturated carbocycles. The molecule has 0 saturated heterocycles. The highest BCUT2D eigenvalue weighted by molar-refractivity contribution is 6.33. The predicted octanol–water partition coefficient (Wildman–Crippen LogP) is 3.41. The lowest BCUT2D eigenvalue weighted by Crippen LogP contribution is -2.34. The van der Waals surface area contributed by atoms with Crippen LogP contribution in [0, 0.1) is 0 Å². The number of amides is 1. The number of rotatable bonds is 2. The summed E-state index contributed by atoms with van der Waals surface area (Å²) >= 11 is 5.77. The van der Waals surface area contributed by atoms with E-state index in [9.17, 15) is 9.59 Å². The number of carboxylic acid groups (broad SMARTS) is 1. The highest BCUT2D eigenvalue weighted by Gasteiger charge is 2.21. The van der Waals surface area contributed by atoms with Gasteiger partial charge in [-0.2, -0.15) is 0 Å². The Labute approximate surface area is 116 Å². The Morgan fingerprint density at radius 3 is 2.37 bits per heavy atom. The molecule has 0 aliphatic rings. The summed E-state index contributed by atoms with van der Waals surface area (Å²) in [6, 6.07) is 4.31. The number of aromatic carboxylic acids is 1. The Balaban J connectivity index is 3.00. The molecule has 5 nitrogen and oxygen atoms in total. The van der Waals surface area contributed by atoms with Crippen molar-refractivity contribution in [3.05, 3.63) is 28.8 Å². The van der Waals surface area contributed by atoms with Gasteiger partial charge < -0.3 is 9.84 Å². The van der Waals surface area contributed by atoms with Crippen LogP contribution in [-0.2, 0) is 4.74 Å². The molecule has 1 aromatic rings. The molecular formula is C13H16ClNO4. The minimum atomic E-state index is -1.15. The summed E-state index contributed by atoms with van der Waals surface area (Å²) < 4.78 is 5.19.